The van der Waals surface area contributed by atoms with Crippen molar-refractivity contribution >= 4 is 40.0 Å². The predicted molar refractivity (Wildman–Crippen MR) is 128 cm³/mol. The summed E-state index contributed by atoms with van der Waals surface area (Å²) in [6, 6.07) is 6.37. The minimum atomic E-state index is -0.832. The topological polar surface area (TPSA) is 124 Å². The number of hydrogen-bond donors (Lipinski definition) is 3. The number of carbonyl (C=O) groups is 2. The van der Waals surface area contributed by atoms with Crippen molar-refractivity contribution in [1.82, 2.24) is 14.5 Å². The van der Waals surface area contributed by atoms with Gasteiger partial charge in [0.25, 0.3) is 0 Å². The number of ketones is 1. The number of ether oxygens (including phenoxy) is 1. The number of anilines is 3. The fourth-order valence-electron chi connectivity index (χ4n) is 3.70. The summed E-state index contributed by atoms with van der Waals surface area (Å²) in [6.45, 7) is 3.89. The number of carbonyl (C=O) groups excluding carboxylic acids is 2. The molecule has 4 rings (SSSR count). The number of methoxy groups -OCH3 is 1. The molecule has 0 atom stereocenters. The van der Waals surface area contributed by atoms with Crippen molar-refractivity contribution in [3.63, 3.8) is 0 Å². The molecule has 2 aromatic heterocycles. The highest BCUT2D eigenvalue weighted by Gasteiger charge is 2.24. The lowest BCUT2D eigenvalue weighted by Gasteiger charge is -2.12. The first kappa shape index (κ1) is 23.6. The van der Waals surface area contributed by atoms with Gasteiger partial charge in [-0.15, -0.1) is 0 Å². The highest BCUT2D eigenvalue weighted by molar-refractivity contribution is 6.19. The maximum Gasteiger partial charge on any atom is 0.323 e. The predicted octanol–water partition coefficient (Wildman–Crippen LogP) is 4.76. The summed E-state index contributed by atoms with van der Waals surface area (Å²) in [6.07, 6.45) is 2.99. The molecule has 0 radical (unpaired) electrons. The van der Waals surface area contributed by atoms with E-state index in [2.05, 4.69) is 20.6 Å². The molecule has 0 aliphatic rings. The number of rotatable bonds is 6. The van der Waals surface area contributed by atoms with Gasteiger partial charge in [-0.3, -0.25) is 4.79 Å². The van der Waals surface area contributed by atoms with Crippen LogP contribution >= 0.6 is 0 Å². The van der Waals surface area contributed by atoms with Crippen molar-refractivity contribution in [2.24, 2.45) is 0 Å². The van der Waals surface area contributed by atoms with Gasteiger partial charge in [-0.1, -0.05) is 0 Å². The average Bonchev–Trinajstić information content (AvgIpc) is 3.19. The molecule has 0 unspecified atom stereocenters. The van der Waals surface area contributed by atoms with Crippen LogP contribution in [0.2, 0.25) is 0 Å². The van der Waals surface area contributed by atoms with Gasteiger partial charge in [0.05, 0.1) is 23.6 Å². The third kappa shape index (κ3) is 4.74. The van der Waals surface area contributed by atoms with E-state index in [0.29, 0.717) is 17.1 Å². The van der Waals surface area contributed by atoms with E-state index in [9.17, 15) is 18.4 Å². The van der Waals surface area contributed by atoms with Crippen molar-refractivity contribution in [3.8, 4) is 5.75 Å². The van der Waals surface area contributed by atoms with Crippen LogP contribution in [0.25, 0.3) is 11.0 Å². The summed E-state index contributed by atoms with van der Waals surface area (Å²) < 4.78 is 34.0. The first-order valence-corrected chi connectivity index (χ1v) is 10.6. The lowest BCUT2D eigenvalue weighted by Crippen LogP contribution is -2.20. The molecule has 4 aromatic rings. The van der Waals surface area contributed by atoms with Crippen molar-refractivity contribution in [1.29, 1.82) is 0 Å². The van der Waals surface area contributed by atoms with Gasteiger partial charge in [0.15, 0.2) is 5.78 Å². The summed E-state index contributed by atoms with van der Waals surface area (Å²) in [5.74, 6) is -1.64. The number of nitrogens with one attached hydrogen (secondary N) is 2. The fraction of sp³-hybridized carbons (Fsp3) is 0.167. The van der Waals surface area contributed by atoms with Gasteiger partial charge in [0.2, 0.25) is 0 Å². The summed E-state index contributed by atoms with van der Waals surface area (Å²) in [4.78, 5) is 34.3. The molecule has 180 valence electrons. The summed E-state index contributed by atoms with van der Waals surface area (Å²) >= 11 is 0. The van der Waals surface area contributed by atoms with E-state index in [1.54, 1.807) is 6.20 Å². The van der Waals surface area contributed by atoms with E-state index in [4.69, 9.17) is 10.5 Å². The first-order valence-electron chi connectivity index (χ1n) is 10.6. The SMILES string of the molecule is COc1ccc(NC(=O)Nc2cc(F)cc(F)c2)cc1C(=O)c1cn(C(C)C)c2ncnc(N)c12. The average molecular weight is 480 g/mol. The van der Waals surface area contributed by atoms with Crippen molar-refractivity contribution in [2.45, 2.75) is 19.9 Å². The molecule has 11 heteroatoms. The van der Waals surface area contributed by atoms with E-state index in [1.165, 1.54) is 31.6 Å². The number of urea groups is 1. The number of nitrogen functional groups attached to an aromatic ring is 1. The number of hydrogen-bond acceptors (Lipinski definition) is 6. The quantitative estimate of drug-likeness (QED) is 0.342. The Balaban J connectivity index is 1.68. The van der Waals surface area contributed by atoms with Crippen LogP contribution in [-0.4, -0.2) is 33.5 Å². The van der Waals surface area contributed by atoms with Crippen LogP contribution in [0, 0.1) is 11.6 Å². The molecule has 0 aliphatic carbocycles. The van der Waals surface area contributed by atoms with Gasteiger partial charge in [0.1, 0.15) is 35.2 Å². The number of amides is 2. The van der Waals surface area contributed by atoms with Gasteiger partial charge in [-0.05, 0) is 44.2 Å². The molecule has 0 bridgehead atoms. The van der Waals surface area contributed by atoms with E-state index in [0.717, 1.165) is 12.1 Å². The number of fused-ring (bicyclic) bond motifs is 1. The Kier molecular flexibility index (Phi) is 6.32. The number of nitrogens with zero attached hydrogens (tertiary/aromatic N) is 3. The molecular weight excluding hydrogens is 458 g/mol. The normalized spacial score (nSPS) is 11.0. The number of aromatic nitrogens is 3. The lowest BCUT2D eigenvalue weighted by atomic mass is 10.0. The third-order valence-corrected chi connectivity index (χ3v) is 5.26. The molecule has 0 aliphatic heterocycles. The van der Waals surface area contributed by atoms with Crippen molar-refractivity contribution in [2.75, 3.05) is 23.5 Å². The second-order valence-corrected chi connectivity index (χ2v) is 7.98. The molecule has 2 amide bonds. The minimum absolute atomic E-state index is 0.000368. The Bertz CT molecular complexity index is 1430. The first-order chi connectivity index (χ1) is 16.7. The van der Waals surface area contributed by atoms with Gasteiger partial charge in [0, 0.05) is 29.7 Å². The minimum Gasteiger partial charge on any atom is -0.496 e. The molecular formula is C24H22F2N6O3. The Hall–Kier alpha value is -4.54. The Morgan fingerprint density at radius 2 is 1.69 bits per heavy atom. The van der Waals surface area contributed by atoms with Crippen LogP contribution in [0.15, 0.2) is 48.9 Å². The molecule has 2 heterocycles. The Labute approximate surface area is 198 Å². The smallest absolute Gasteiger partial charge is 0.323 e. The van der Waals surface area contributed by atoms with Crippen LogP contribution in [0.1, 0.15) is 35.8 Å². The lowest BCUT2D eigenvalue weighted by molar-refractivity contribution is 0.103. The largest absolute Gasteiger partial charge is 0.496 e. The molecule has 0 spiro atoms. The van der Waals surface area contributed by atoms with E-state index < -0.39 is 23.4 Å². The molecule has 9 nitrogen and oxygen atoms in total. The van der Waals surface area contributed by atoms with Crippen LogP contribution < -0.4 is 21.1 Å². The number of benzene rings is 2. The second kappa shape index (κ2) is 9.37. The summed E-state index contributed by atoms with van der Waals surface area (Å²) in [7, 11) is 1.42. The zero-order valence-electron chi connectivity index (χ0n) is 19.1. The number of halogens is 2. The third-order valence-electron chi connectivity index (χ3n) is 5.26. The Morgan fingerprint density at radius 3 is 2.34 bits per heavy atom. The molecule has 0 saturated heterocycles. The van der Waals surface area contributed by atoms with E-state index in [1.807, 2.05) is 18.4 Å². The van der Waals surface area contributed by atoms with Gasteiger partial charge < -0.3 is 25.7 Å². The van der Waals surface area contributed by atoms with Crippen LogP contribution in [0.4, 0.5) is 30.8 Å². The van der Waals surface area contributed by atoms with Gasteiger partial charge in [-0.2, -0.15) is 0 Å². The zero-order chi connectivity index (χ0) is 25.3. The van der Waals surface area contributed by atoms with Crippen LogP contribution in [0.3, 0.4) is 0 Å². The van der Waals surface area contributed by atoms with Crippen LogP contribution in [-0.2, 0) is 0 Å². The molecule has 0 saturated carbocycles. The second-order valence-electron chi connectivity index (χ2n) is 7.98. The van der Waals surface area contributed by atoms with Gasteiger partial charge in [-0.25, -0.2) is 23.5 Å². The molecule has 2 aromatic carbocycles. The summed E-state index contributed by atoms with van der Waals surface area (Å²) in [5, 5.41) is 5.30. The van der Waals surface area contributed by atoms with Crippen LogP contribution in [0.5, 0.6) is 5.75 Å². The zero-order valence-corrected chi connectivity index (χ0v) is 19.1. The van der Waals surface area contributed by atoms with Crippen molar-refractivity contribution in [3.05, 3.63) is 71.7 Å². The van der Waals surface area contributed by atoms with E-state index in [-0.39, 0.29) is 40.1 Å². The molecule has 4 N–H and O–H groups in total. The molecule has 0 fully saturated rings. The molecule has 35 heavy (non-hydrogen) atoms. The standard InChI is InChI=1S/C24H22F2N6O3/c1-12(2)32-10-18(20-22(27)28-11-29-23(20)32)21(33)17-9-15(4-5-19(17)35-3)30-24(34)31-16-7-13(25)6-14(26)8-16/h4-12H,1-3H3,(H2,27,28,29)(H2,30,31,34). The highest BCUT2D eigenvalue weighted by atomic mass is 19.1. The monoisotopic (exact) mass is 480 g/mol. The summed E-state index contributed by atoms with van der Waals surface area (Å²) in [5.41, 5.74) is 7.22. The number of nitrogens with two attached hydrogens (primary N) is 1. The maximum absolute atomic E-state index is 13.6. The van der Waals surface area contributed by atoms with Crippen molar-refractivity contribution < 1.29 is 23.1 Å². The Morgan fingerprint density at radius 1 is 1.00 bits per heavy atom. The van der Waals surface area contributed by atoms with E-state index >= 15 is 0 Å². The fourth-order valence-corrected chi connectivity index (χ4v) is 3.70. The highest BCUT2D eigenvalue weighted by Crippen LogP contribution is 2.32. The maximum atomic E-state index is 13.6. The van der Waals surface area contributed by atoms with Gasteiger partial charge >= 0.3 is 6.03 Å².